The molecule has 3 aromatic rings. The van der Waals surface area contributed by atoms with Crippen LogP contribution in [0.4, 0.5) is 0 Å². The molecule has 3 nitrogen and oxygen atoms in total. The Hall–Kier alpha value is -2.68. The van der Waals surface area contributed by atoms with Crippen LogP contribution in [0, 0.1) is 6.92 Å². The predicted octanol–water partition coefficient (Wildman–Crippen LogP) is 3.47. The second kappa shape index (κ2) is 5.37. The van der Waals surface area contributed by atoms with Crippen LogP contribution in [-0.2, 0) is 11.2 Å². The lowest BCUT2D eigenvalue weighted by molar-refractivity contribution is -0.114. The topological polar surface area (TPSA) is 49.9 Å². The third-order valence-corrected chi connectivity index (χ3v) is 3.53. The molecule has 1 heterocycles. The van der Waals surface area contributed by atoms with Crippen LogP contribution in [0.25, 0.3) is 10.9 Å². The van der Waals surface area contributed by atoms with Gasteiger partial charge in [0, 0.05) is 23.5 Å². The molecular formula is C18H15NO2. The van der Waals surface area contributed by atoms with E-state index in [1.165, 1.54) is 0 Å². The van der Waals surface area contributed by atoms with Gasteiger partial charge in [-0.25, -0.2) is 0 Å². The lowest BCUT2D eigenvalue weighted by atomic mass is 10.00. The van der Waals surface area contributed by atoms with E-state index in [1.54, 1.807) is 6.20 Å². The van der Waals surface area contributed by atoms with Crippen molar-refractivity contribution in [3.05, 3.63) is 71.4 Å². The predicted molar refractivity (Wildman–Crippen MR) is 82.5 cm³/mol. The van der Waals surface area contributed by atoms with Crippen molar-refractivity contribution in [2.75, 3.05) is 0 Å². The summed E-state index contributed by atoms with van der Waals surface area (Å²) in [7, 11) is 0. The SMILES string of the molecule is Cc1cccc(CC(=O)C(=O)c2c[nH]c3ccccc23)c1. The molecule has 0 spiro atoms. The molecule has 0 bridgehead atoms. The van der Waals surface area contributed by atoms with E-state index in [2.05, 4.69) is 4.98 Å². The maximum Gasteiger partial charge on any atom is 0.231 e. The summed E-state index contributed by atoms with van der Waals surface area (Å²) in [6.45, 7) is 1.97. The standard InChI is InChI=1S/C18H15NO2/c1-12-5-4-6-13(9-12)10-17(20)18(21)15-11-19-16-8-3-2-7-14(15)16/h2-9,11,19H,10H2,1H3. The summed E-state index contributed by atoms with van der Waals surface area (Å²) >= 11 is 0. The van der Waals surface area contributed by atoms with Gasteiger partial charge in [-0.3, -0.25) is 9.59 Å². The Balaban J connectivity index is 1.86. The molecule has 104 valence electrons. The number of H-pyrrole nitrogens is 1. The molecule has 0 aliphatic rings. The molecule has 0 saturated carbocycles. The first-order chi connectivity index (χ1) is 10.1. The Morgan fingerprint density at radius 3 is 2.67 bits per heavy atom. The summed E-state index contributed by atoms with van der Waals surface area (Å²) in [6.07, 6.45) is 1.75. The van der Waals surface area contributed by atoms with Crippen LogP contribution < -0.4 is 0 Å². The molecule has 0 saturated heterocycles. The normalized spacial score (nSPS) is 10.7. The maximum atomic E-state index is 12.3. The number of aromatic nitrogens is 1. The lowest BCUT2D eigenvalue weighted by Crippen LogP contribution is -2.16. The number of aromatic amines is 1. The summed E-state index contributed by atoms with van der Waals surface area (Å²) in [5, 5.41) is 0.792. The van der Waals surface area contributed by atoms with Crippen molar-refractivity contribution in [1.29, 1.82) is 0 Å². The fourth-order valence-electron chi connectivity index (χ4n) is 2.50. The van der Waals surface area contributed by atoms with Gasteiger partial charge in [-0.2, -0.15) is 0 Å². The Morgan fingerprint density at radius 1 is 1.05 bits per heavy atom. The number of carbonyl (C=O) groups excluding carboxylic acids is 2. The number of benzene rings is 2. The van der Waals surface area contributed by atoms with Gasteiger partial charge in [0.25, 0.3) is 0 Å². The van der Waals surface area contributed by atoms with Crippen LogP contribution in [-0.4, -0.2) is 16.6 Å². The Bertz CT molecular complexity index is 830. The average molecular weight is 277 g/mol. The minimum absolute atomic E-state index is 0.139. The van der Waals surface area contributed by atoms with Gasteiger partial charge in [-0.15, -0.1) is 0 Å². The van der Waals surface area contributed by atoms with E-state index in [1.807, 2.05) is 55.5 Å². The second-order valence-electron chi connectivity index (χ2n) is 5.17. The molecule has 0 aliphatic heterocycles. The van der Waals surface area contributed by atoms with Gasteiger partial charge in [0.2, 0.25) is 11.6 Å². The summed E-state index contributed by atoms with van der Waals surface area (Å²) in [4.78, 5) is 27.6. The Morgan fingerprint density at radius 2 is 1.86 bits per heavy atom. The molecule has 21 heavy (non-hydrogen) atoms. The minimum Gasteiger partial charge on any atom is -0.360 e. The van der Waals surface area contributed by atoms with E-state index in [4.69, 9.17) is 0 Å². The van der Waals surface area contributed by atoms with Gasteiger partial charge in [0.1, 0.15) is 0 Å². The van der Waals surface area contributed by atoms with E-state index in [0.717, 1.165) is 22.0 Å². The summed E-state index contributed by atoms with van der Waals surface area (Å²) < 4.78 is 0. The van der Waals surface area contributed by atoms with E-state index in [9.17, 15) is 9.59 Å². The first-order valence-electron chi connectivity index (χ1n) is 6.84. The smallest absolute Gasteiger partial charge is 0.231 e. The Labute approximate surface area is 122 Å². The zero-order valence-electron chi connectivity index (χ0n) is 11.7. The highest BCUT2D eigenvalue weighted by atomic mass is 16.2. The van der Waals surface area contributed by atoms with E-state index >= 15 is 0 Å². The molecule has 0 unspecified atom stereocenters. The summed E-state index contributed by atoms with van der Waals surface area (Å²) in [6, 6.07) is 15.1. The van der Waals surface area contributed by atoms with Gasteiger partial charge < -0.3 is 4.98 Å². The fraction of sp³-hybridized carbons (Fsp3) is 0.111. The molecular weight excluding hydrogens is 262 g/mol. The number of nitrogens with one attached hydrogen (secondary N) is 1. The molecule has 0 amide bonds. The van der Waals surface area contributed by atoms with Crippen molar-refractivity contribution in [3.63, 3.8) is 0 Å². The van der Waals surface area contributed by atoms with Crippen molar-refractivity contribution in [3.8, 4) is 0 Å². The zero-order valence-corrected chi connectivity index (χ0v) is 11.7. The van der Waals surface area contributed by atoms with Crippen molar-refractivity contribution in [1.82, 2.24) is 4.98 Å². The summed E-state index contributed by atoms with van der Waals surface area (Å²) in [5.74, 6) is -0.820. The molecule has 3 rings (SSSR count). The van der Waals surface area contributed by atoms with E-state index in [0.29, 0.717) is 5.56 Å². The van der Waals surface area contributed by atoms with Gasteiger partial charge in [0.05, 0.1) is 5.56 Å². The first kappa shape index (κ1) is 13.3. The largest absolute Gasteiger partial charge is 0.360 e. The molecule has 0 radical (unpaired) electrons. The van der Waals surface area contributed by atoms with Crippen molar-refractivity contribution in [2.24, 2.45) is 0 Å². The van der Waals surface area contributed by atoms with Crippen LogP contribution in [0.3, 0.4) is 0 Å². The van der Waals surface area contributed by atoms with Crippen molar-refractivity contribution in [2.45, 2.75) is 13.3 Å². The number of aryl methyl sites for hydroxylation is 1. The Kier molecular flexibility index (Phi) is 3.40. The van der Waals surface area contributed by atoms with Gasteiger partial charge in [-0.05, 0) is 18.6 Å². The second-order valence-corrected chi connectivity index (χ2v) is 5.17. The lowest BCUT2D eigenvalue weighted by Gasteiger charge is -2.01. The minimum atomic E-state index is -0.436. The monoisotopic (exact) mass is 277 g/mol. The number of Topliss-reactive ketones (excluding diaryl/α,β-unsaturated/α-hetero) is 2. The number of ketones is 2. The molecule has 0 aliphatic carbocycles. The van der Waals surface area contributed by atoms with Crippen LogP contribution in [0.2, 0.25) is 0 Å². The number of carbonyl (C=O) groups is 2. The zero-order chi connectivity index (χ0) is 14.8. The molecule has 3 heteroatoms. The number of rotatable bonds is 4. The number of hydrogen-bond donors (Lipinski definition) is 1. The van der Waals surface area contributed by atoms with Crippen molar-refractivity contribution >= 4 is 22.5 Å². The van der Waals surface area contributed by atoms with Gasteiger partial charge in [-0.1, -0.05) is 48.0 Å². The van der Waals surface area contributed by atoms with Crippen LogP contribution >= 0.6 is 0 Å². The highest BCUT2D eigenvalue weighted by Gasteiger charge is 2.19. The van der Waals surface area contributed by atoms with Gasteiger partial charge in [0.15, 0.2) is 0 Å². The molecule has 1 aromatic heterocycles. The van der Waals surface area contributed by atoms with Gasteiger partial charge >= 0.3 is 0 Å². The quantitative estimate of drug-likeness (QED) is 0.586. The maximum absolute atomic E-state index is 12.3. The van der Waals surface area contributed by atoms with Crippen LogP contribution in [0.1, 0.15) is 21.5 Å². The summed E-state index contributed by atoms with van der Waals surface area (Å²) in [5.41, 5.74) is 3.26. The highest BCUT2D eigenvalue weighted by Crippen LogP contribution is 2.19. The van der Waals surface area contributed by atoms with Crippen LogP contribution in [0.5, 0.6) is 0 Å². The first-order valence-corrected chi connectivity index (χ1v) is 6.84. The molecule has 0 fully saturated rings. The van der Waals surface area contributed by atoms with Crippen LogP contribution in [0.15, 0.2) is 54.7 Å². The van der Waals surface area contributed by atoms with E-state index < -0.39 is 5.78 Å². The average Bonchev–Trinajstić information content (AvgIpc) is 2.90. The molecule has 1 N–H and O–H groups in total. The molecule has 2 aromatic carbocycles. The highest BCUT2D eigenvalue weighted by molar-refractivity contribution is 6.46. The number of fused-ring (bicyclic) bond motifs is 1. The number of para-hydroxylation sites is 1. The third kappa shape index (κ3) is 2.63. The van der Waals surface area contributed by atoms with Crippen molar-refractivity contribution < 1.29 is 9.59 Å². The fourth-order valence-corrected chi connectivity index (χ4v) is 2.50. The number of hydrogen-bond acceptors (Lipinski definition) is 2. The third-order valence-electron chi connectivity index (χ3n) is 3.53. The van der Waals surface area contributed by atoms with E-state index in [-0.39, 0.29) is 12.2 Å². The molecule has 0 atom stereocenters.